The molecule has 0 radical (unpaired) electrons. The number of allylic oxidation sites excluding steroid dienone is 2. The van der Waals surface area contributed by atoms with Crippen molar-refractivity contribution in [3.8, 4) is 0 Å². The molecule has 1 fully saturated rings. The fourth-order valence-electron chi connectivity index (χ4n) is 3.58. The maximum absolute atomic E-state index is 9.30. The van der Waals surface area contributed by atoms with Crippen molar-refractivity contribution in [2.75, 3.05) is 12.4 Å². The monoisotopic (exact) mass is 324 g/mol. The first-order valence-corrected chi connectivity index (χ1v) is 9.68. The van der Waals surface area contributed by atoms with Crippen LogP contribution in [0.25, 0.3) is 0 Å². The molecule has 2 aliphatic carbocycles. The first-order chi connectivity index (χ1) is 9.88. The predicted octanol–water partition coefficient (Wildman–Crippen LogP) is 4.89. The SMILES string of the molecule is C=C[C@@H](CO)S[C@@H](C=C)CSC1=C[C@H]2CC[C@]1(C)C2(C)C. The molecule has 118 valence electrons. The van der Waals surface area contributed by atoms with E-state index < -0.39 is 0 Å². The second-order valence-electron chi connectivity index (χ2n) is 6.91. The fraction of sp³-hybridized carbons (Fsp3) is 0.667. The topological polar surface area (TPSA) is 20.2 Å². The van der Waals surface area contributed by atoms with Gasteiger partial charge in [-0.1, -0.05) is 39.0 Å². The Balaban J connectivity index is 1.96. The third kappa shape index (κ3) is 3.02. The maximum atomic E-state index is 9.30. The lowest BCUT2D eigenvalue weighted by atomic mass is 9.70. The lowest BCUT2D eigenvalue weighted by Gasteiger charge is -2.37. The summed E-state index contributed by atoms with van der Waals surface area (Å²) in [5, 5.41) is 9.77. The number of rotatable bonds is 8. The van der Waals surface area contributed by atoms with E-state index in [1.165, 1.54) is 12.8 Å². The van der Waals surface area contributed by atoms with Gasteiger partial charge in [0.2, 0.25) is 0 Å². The van der Waals surface area contributed by atoms with Crippen LogP contribution in [0.5, 0.6) is 0 Å². The van der Waals surface area contributed by atoms with E-state index in [4.69, 9.17) is 0 Å². The molecular formula is C18H28OS2. The number of hydrogen-bond donors (Lipinski definition) is 1. The van der Waals surface area contributed by atoms with Gasteiger partial charge in [-0.25, -0.2) is 0 Å². The summed E-state index contributed by atoms with van der Waals surface area (Å²) in [4.78, 5) is 1.58. The van der Waals surface area contributed by atoms with E-state index >= 15 is 0 Å². The van der Waals surface area contributed by atoms with E-state index in [0.717, 1.165) is 11.7 Å². The van der Waals surface area contributed by atoms with Crippen molar-refractivity contribution in [1.29, 1.82) is 0 Å². The maximum Gasteiger partial charge on any atom is 0.0585 e. The van der Waals surface area contributed by atoms with Gasteiger partial charge < -0.3 is 5.11 Å². The van der Waals surface area contributed by atoms with Crippen molar-refractivity contribution in [1.82, 2.24) is 0 Å². The molecule has 0 aliphatic heterocycles. The Morgan fingerprint density at radius 1 is 1.33 bits per heavy atom. The van der Waals surface area contributed by atoms with E-state index in [-0.39, 0.29) is 11.9 Å². The summed E-state index contributed by atoms with van der Waals surface area (Å²) in [7, 11) is 0. The van der Waals surface area contributed by atoms with Gasteiger partial charge in [0.1, 0.15) is 0 Å². The Morgan fingerprint density at radius 2 is 2.00 bits per heavy atom. The van der Waals surface area contributed by atoms with Crippen LogP contribution in [-0.2, 0) is 0 Å². The van der Waals surface area contributed by atoms with Gasteiger partial charge in [0.15, 0.2) is 0 Å². The largest absolute Gasteiger partial charge is 0.395 e. The Labute approximate surface area is 138 Å². The summed E-state index contributed by atoms with van der Waals surface area (Å²) in [6.45, 7) is 15.2. The lowest BCUT2D eigenvalue weighted by Crippen LogP contribution is -2.29. The van der Waals surface area contributed by atoms with Crippen molar-refractivity contribution in [2.24, 2.45) is 16.7 Å². The Kier molecular flexibility index (Phi) is 5.38. The highest BCUT2D eigenvalue weighted by atomic mass is 32.2. The number of thioether (sulfide) groups is 2. The molecule has 0 spiro atoms. The highest BCUT2D eigenvalue weighted by molar-refractivity contribution is 8.05. The van der Waals surface area contributed by atoms with Crippen LogP contribution in [0, 0.1) is 16.7 Å². The third-order valence-electron chi connectivity index (χ3n) is 5.66. The molecule has 21 heavy (non-hydrogen) atoms. The van der Waals surface area contributed by atoms with Crippen molar-refractivity contribution in [2.45, 2.75) is 44.1 Å². The molecule has 2 aliphatic rings. The quantitative estimate of drug-likeness (QED) is 0.642. The van der Waals surface area contributed by atoms with E-state index in [1.54, 1.807) is 16.7 Å². The molecule has 1 N–H and O–H groups in total. The molecule has 1 saturated carbocycles. The summed E-state index contributed by atoms with van der Waals surface area (Å²) in [6.07, 6.45) is 9.02. The second-order valence-corrected chi connectivity index (χ2v) is 9.45. The first kappa shape index (κ1) is 17.2. The van der Waals surface area contributed by atoms with Gasteiger partial charge in [-0.3, -0.25) is 0 Å². The van der Waals surface area contributed by atoms with Gasteiger partial charge in [-0.2, -0.15) is 0 Å². The molecule has 0 aromatic carbocycles. The normalized spacial score (nSPS) is 32.6. The van der Waals surface area contributed by atoms with Crippen LogP contribution in [0.2, 0.25) is 0 Å². The standard InChI is InChI=1S/C18H28OS2/c1-6-14(11-19)21-15(7-2)12-20-16-10-13-8-9-18(16,5)17(13,3)4/h6-7,10,13-15,19H,1-2,8-9,11-12H2,3-5H3/t13-,14+,15+,18+/m1/s1. The zero-order chi connectivity index (χ0) is 15.7. The number of aliphatic hydroxyl groups excluding tert-OH is 1. The van der Waals surface area contributed by atoms with Gasteiger partial charge in [0, 0.05) is 21.7 Å². The molecule has 2 bridgehead atoms. The lowest BCUT2D eigenvalue weighted by molar-refractivity contribution is 0.179. The Morgan fingerprint density at radius 3 is 2.43 bits per heavy atom. The van der Waals surface area contributed by atoms with E-state index in [2.05, 4.69) is 40.0 Å². The van der Waals surface area contributed by atoms with Crippen LogP contribution in [0.3, 0.4) is 0 Å². The van der Waals surface area contributed by atoms with Gasteiger partial charge in [-0.15, -0.1) is 36.7 Å². The minimum Gasteiger partial charge on any atom is -0.395 e. The molecule has 0 heterocycles. The number of fused-ring (bicyclic) bond motifs is 2. The van der Waals surface area contributed by atoms with Crippen LogP contribution in [0.15, 0.2) is 36.3 Å². The summed E-state index contributed by atoms with van der Waals surface area (Å²) in [5.41, 5.74) is 0.758. The third-order valence-corrected chi connectivity index (χ3v) is 8.69. The van der Waals surface area contributed by atoms with Crippen molar-refractivity contribution >= 4 is 23.5 Å². The first-order valence-electron chi connectivity index (χ1n) is 7.75. The van der Waals surface area contributed by atoms with Crippen molar-refractivity contribution in [3.05, 3.63) is 36.3 Å². The zero-order valence-electron chi connectivity index (χ0n) is 13.5. The molecule has 0 aromatic rings. The van der Waals surface area contributed by atoms with Gasteiger partial charge >= 0.3 is 0 Å². The van der Waals surface area contributed by atoms with Gasteiger partial charge in [0.25, 0.3) is 0 Å². The minimum atomic E-state index is 0.106. The average molecular weight is 325 g/mol. The Bertz CT molecular complexity index is 440. The van der Waals surface area contributed by atoms with Gasteiger partial charge in [0.05, 0.1) is 6.61 Å². The van der Waals surface area contributed by atoms with Crippen LogP contribution >= 0.6 is 23.5 Å². The van der Waals surface area contributed by atoms with Crippen LogP contribution in [0.1, 0.15) is 33.6 Å². The molecule has 3 heteroatoms. The molecule has 0 aromatic heterocycles. The van der Waals surface area contributed by atoms with Crippen LogP contribution in [0.4, 0.5) is 0 Å². The summed E-state index contributed by atoms with van der Waals surface area (Å²) in [6, 6.07) is 0. The summed E-state index contributed by atoms with van der Waals surface area (Å²) >= 11 is 3.75. The zero-order valence-corrected chi connectivity index (χ0v) is 15.1. The summed E-state index contributed by atoms with van der Waals surface area (Å²) < 4.78 is 0. The molecule has 0 saturated heterocycles. The molecule has 2 rings (SSSR count). The smallest absolute Gasteiger partial charge is 0.0585 e. The predicted molar refractivity (Wildman–Crippen MR) is 97.8 cm³/mol. The van der Waals surface area contributed by atoms with Crippen LogP contribution in [-0.4, -0.2) is 28.0 Å². The number of aliphatic hydroxyl groups is 1. The molecule has 4 atom stereocenters. The van der Waals surface area contributed by atoms with Crippen molar-refractivity contribution < 1.29 is 5.11 Å². The van der Waals surface area contributed by atoms with E-state index in [9.17, 15) is 5.11 Å². The summed E-state index contributed by atoms with van der Waals surface area (Å²) in [5.74, 6) is 1.78. The minimum absolute atomic E-state index is 0.106. The highest BCUT2D eigenvalue weighted by Crippen LogP contribution is 2.67. The second kappa shape index (κ2) is 6.55. The molecular weight excluding hydrogens is 296 g/mol. The van der Waals surface area contributed by atoms with E-state index in [0.29, 0.717) is 16.1 Å². The Hall–Kier alpha value is -0.120. The molecule has 0 amide bonds. The highest BCUT2D eigenvalue weighted by Gasteiger charge is 2.57. The molecule has 0 unspecified atom stereocenters. The average Bonchev–Trinajstić information content (AvgIpc) is 2.80. The van der Waals surface area contributed by atoms with Gasteiger partial charge in [-0.05, 0) is 29.1 Å². The molecule has 1 nitrogen and oxygen atoms in total. The fourth-order valence-corrected chi connectivity index (χ4v) is 6.28. The van der Waals surface area contributed by atoms with Crippen molar-refractivity contribution in [3.63, 3.8) is 0 Å². The van der Waals surface area contributed by atoms with E-state index in [1.807, 2.05) is 23.9 Å². The number of hydrogen-bond acceptors (Lipinski definition) is 3. The van der Waals surface area contributed by atoms with Crippen LogP contribution < -0.4 is 0 Å².